The summed E-state index contributed by atoms with van der Waals surface area (Å²) in [7, 11) is 0. The highest BCUT2D eigenvalue weighted by atomic mass is 19.3. The second-order valence-electron chi connectivity index (χ2n) is 10.2. The fourth-order valence-electron chi connectivity index (χ4n) is 5.01. The summed E-state index contributed by atoms with van der Waals surface area (Å²) in [5.74, 6) is 7.43. The second-order valence-corrected chi connectivity index (χ2v) is 10.2. The molecule has 0 aliphatic carbocycles. The molecule has 40 heavy (non-hydrogen) atoms. The Kier molecular flexibility index (Phi) is 10.6. The third-order valence-corrected chi connectivity index (χ3v) is 7.12. The van der Waals surface area contributed by atoms with Crippen LogP contribution in [0, 0.1) is 11.8 Å². The maximum atomic E-state index is 12.1. The van der Waals surface area contributed by atoms with Gasteiger partial charge in [0.25, 0.3) is 0 Å². The molecule has 1 unspecified atom stereocenters. The number of unbranched alkanes of at least 4 members (excludes halogenated alkanes) is 5. The molecule has 0 fully saturated rings. The molecule has 3 N–H and O–H groups in total. The number of ether oxygens (including phenoxy) is 1. The van der Waals surface area contributed by atoms with Crippen LogP contribution < -0.4 is 10.1 Å². The Hall–Kier alpha value is -3.82. The lowest BCUT2D eigenvalue weighted by molar-refractivity contribution is 0.133. The molecule has 0 saturated heterocycles. The van der Waals surface area contributed by atoms with Crippen molar-refractivity contribution in [2.24, 2.45) is 0 Å². The zero-order valence-electron chi connectivity index (χ0n) is 22.9. The van der Waals surface area contributed by atoms with Crippen molar-refractivity contribution in [1.29, 1.82) is 0 Å². The zero-order valence-corrected chi connectivity index (χ0v) is 22.9. The molecule has 210 valence electrons. The van der Waals surface area contributed by atoms with Crippen LogP contribution in [0.4, 0.5) is 8.78 Å². The maximum absolute atomic E-state index is 12.1. The molecule has 4 rings (SSSR count). The van der Waals surface area contributed by atoms with Crippen LogP contribution in [0.25, 0.3) is 11.1 Å². The summed E-state index contributed by atoms with van der Waals surface area (Å²) in [6.07, 6.45) is 3.25. The van der Waals surface area contributed by atoms with Crippen molar-refractivity contribution in [3.8, 4) is 29.1 Å². The van der Waals surface area contributed by atoms with Crippen molar-refractivity contribution in [2.45, 2.75) is 64.4 Å². The number of hydrogen-bond acceptors (Lipinski definition) is 4. The van der Waals surface area contributed by atoms with E-state index in [-0.39, 0.29) is 24.0 Å². The lowest BCUT2D eigenvalue weighted by Gasteiger charge is -2.31. The van der Waals surface area contributed by atoms with E-state index in [1.54, 1.807) is 30.3 Å². The Morgan fingerprint density at radius 1 is 0.875 bits per heavy atom. The number of hydrogen-bond donors (Lipinski definition) is 3. The minimum atomic E-state index is -2.17. The quantitative estimate of drug-likeness (QED) is 0.159. The van der Waals surface area contributed by atoms with Crippen molar-refractivity contribution >= 4 is 11.1 Å². The third-order valence-electron chi connectivity index (χ3n) is 7.12. The average Bonchev–Trinajstić information content (AvgIpc) is 2.94. The van der Waals surface area contributed by atoms with Crippen LogP contribution in [0.5, 0.6) is 17.2 Å². The van der Waals surface area contributed by atoms with Crippen molar-refractivity contribution in [2.75, 3.05) is 13.1 Å². The summed E-state index contributed by atoms with van der Waals surface area (Å²) in [6, 6.07) is 20.3. The molecule has 0 aromatic heterocycles. The topological polar surface area (TPSA) is 61.7 Å². The van der Waals surface area contributed by atoms with Crippen molar-refractivity contribution in [3.05, 3.63) is 89.0 Å². The van der Waals surface area contributed by atoms with Gasteiger partial charge in [-0.3, -0.25) is 0 Å². The number of halogens is 2. The van der Waals surface area contributed by atoms with Crippen molar-refractivity contribution in [3.63, 3.8) is 0 Å². The van der Waals surface area contributed by atoms with Crippen LogP contribution >= 0.6 is 0 Å². The highest BCUT2D eigenvalue weighted by molar-refractivity contribution is 5.95. The third kappa shape index (κ3) is 8.09. The molecule has 3 aromatic rings. The van der Waals surface area contributed by atoms with Gasteiger partial charge in [-0.1, -0.05) is 61.8 Å². The summed E-state index contributed by atoms with van der Waals surface area (Å²) in [4.78, 5) is 0. The zero-order chi connectivity index (χ0) is 28.3. The Labute approximate surface area is 235 Å². The van der Waals surface area contributed by atoms with Crippen LogP contribution in [0.15, 0.2) is 66.7 Å². The number of fused-ring (bicyclic) bond motifs is 1. The maximum Gasteiger partial charge on any atom is 0.238 e. The largest absolute Gasteiger partial charge is 0.508 e. The van der Waals surface area contributed by atoms with Gasteiger partial charge in [0, 0.05) is 23.1 Å². The number of rotatable bonds is 12. The van der Waals surface area contributed by atoms with Crippen LogP contribution in [-0.2, 0) is 0 Å². The molecule has 3 aromatic carbocycles. The fraction of sp³-hybridized carbons (Fsp3) is 0.353. The summed E-state index contributed by atoms with van der Waals surface area (Å²) in [5.41, 5.74) is 5.48. The first-order chi connectivity index (χ1) is 19.4. The molecule has 0 spiro atoms. The summed E-state index contributed by atoms with van der Waals surface area (Å²) >= 11 is 0. The molecule has 0 saturated carbocycles. The molecule has 1 aliphatic heterocycles. The van der Waals surface area contributed by atoms with Gasteiger partial charge >= 0.3 is 0 Å². The second kappa shape index (κ2) is 14.5. The lowest BCUT2D eigenvalue weighted by atomic mass is 9.86. The molecule has 1 heterocycles. The predicted molar refractivity (Wildman–Crippen MR) is 157 cm³/mol. The van der Waals surface area contributed by atoms with Gasteiger partial charge in [0.15, 0.2) is 0 Å². The first kappa shape index (κ1) is 29.2. The first-order valence-electron chi connectivity index (χ1n) is 14.0. The summed E-state index contributed by atoms with van der Waals surface area (Å²) < 4.78 is 30.7. The molecule has 0 amide bonds. The number of aromatic hydroxyl groups is 2. The van der Waals surface area contributed by atoms with Gasteiger partial charge in [-0.25, -0.2) is 8.78 Å². The van der Waals surface area contributed by atoms with Crippen LogP contribution in [0.2, 0.25) is 0 Å². The van der Waals surface area contributed by atoms with Gasteiger partial charge in [-0.05, 0) is 85.5 Å². The van der Waals surface area contributed by atoms with Crippen LogP contribution in [0.3, 0.4) is 0 Å². The minimum absolute atomic E-state index is 0.0226. The number of phenols is 2. The highest BCUT2D eigenvalue weighted by Crippen LogP contribution is 2.47. The summed E-state index contributed by atoms with van der Waals surface area (Å²) in [6.45, 7) is 3.51. The number of nitrogens with one attached hydrogen (secondary N) is 1. The summed E-state index contributed by atoms with van der Waals surface area (Å²) in [5, 5.41) is 23.5. The molecule has 4 nitrogen and oxygen atoms in total. The molecule has 1 atom stereocenters. The molecule has 0 radical (unpaired) electrons. The first-order valence-corrected chi connectivity index (χ1v) is 14.0. The van der Waals surface area contributed by atoms with E-state index in [0.717, 1.165) is 72.0 Å². The Morgan fingerprint density at radius 2 is 1.60 bits per heavy atom. The fourth-order valence-corrected chi connectivity index (χ4v) is 5.01. The number of benzene rings is 3. The van der Waals surface area contributed by atoms with E-state index in [4.69, 9.17) is 4.74 Å². The SMILES string of the molecule is CC1=C(c2cccc(O)c2)C(c2ccc(C#CCNCCCCCCCCC(F)F)cc2)Oc2ccc(O)cc21. The molecule has 0 bridgehead atoms. The Balaban J connectivity index is 1.34. The van der Waals surface area contributed by atoms with Crippen molar-refractivity contribution < 1.29 is 23.7 Å². The van der Waals surface area contributed by atoms with E-state index in [9.17, 15) is 19.0 Å². The van der Waals surface area contributed by atoms with Crippen LogP contribution in [0.1, 0.15) is 80.2 Å². The van der Waals surface area contributed by atoms with E-state index >= 15 is 0 Å². The van der Waals surface area contributed by atoms with E-state index in [2.05, 4.69) is 17.2 Å². The normalized spacial score (nSPS) is 14.4. The van der Waals surface area contributed by atoms with Gasteiger partial charge in [-0.2, -0.15) is 0 Å². The standard InChI is InChI=1S/C34H37F2NO3/c1-24-30-23-29(39)18-19-31(30)40-34(33(24)27-11-8-12-28(38)22-27)26-16-14-25(15-17-26)10-9-21-37-20-7-5-3-2-4-6-13-32(35)36/h8,11-12,14-19,22-23,32,34,37-39H,2-7,13,20-21H2,1H3. The van der Waals surface area contributed by atoms with Crippen LogP contribution in [-0.4, -0.2) is 29.7 Å². The molecular formula is C34H37F2NO3. The van der Waals surface area contributed by atoms with E-state index in [1.807, 2.05) is 43.3 Å². The van der Waals surface area contributed by atoms with Gasteiger partial charge < -0.3 is 20.3 Å². The lowest BCUT2D eigenvalue weighted by Crippen LogP contribution is -2.16. The molecular weight excluding hydrogens is 508 g/mol. The molecule has 1 aliphatic rings. The van der Waals surface area contributed by atoms with Gasteiger partial charge in [-0.15, -0.1) is 0 Å². The van der Waals surface area contributed by atoms with E-state index in [1.165, 1.54) is 0 Å². The Bertz CT molecular complexity index is 1360. The van der Waals surface area contributed by atoms with E-state index in [0.29, 0.717) is 18.7 Å². The average molecular weight is 546 g/mol. The van der Waals surface area contributed by atoms with Gasteiger partial charge in [0.1, 0.15) is 23.4 Å². The van der Waals surface area contributed by atoms with E-state index < -0.39 is 6.43 Å². The van der Waals surface area contributed by atoms with Crippen molar-refractivity contribution in [1.82, 2.24) is 5.32 Å². The number of phenolic OH excluding ortho intramolecular Hbond substituents is 2. The van der Waals surface area contributed by atoms with Gasteiger partial charge in [0.2, 0.25) is 6.43 Å². The highest BCUT2D eigenvalue weighted by Gasteiger charge is 2.29. The van der Waals surface area contributed by atoms with Gasteiger partial charge in [0.05, 0.1) is 6.54 Å². The number of allylic oxidation sites excluding steroid dienone is 1. The number of alkyl halides is 2. The monoisotopic (exact) mass is 545 g/mol. The molecule has 6 heteroatoms. The smallest absolute Gasteiger partial charge is 0.238 e. The Morgan fingerprint density at radius 3 is 2.35 bits per heavy atom. The minimum Gasteiger partial charge on any atom is -0.508 e. The predicted octanol–water partition coefficient (Wildman–Crippen LogP) is 8.10.